The molecular formula is C12H16BrCl. The third kappa shape index (κ3) is 2.74. The zero-order chi connectivity index (χ0) is 10.7. The van der Waals surface area contributed by atoms with Gasteiger partial charge in [0.2, 0.25) is 0 Å². The summed E-state index contributed by atoms with van der Waals surface area (Å²) in [6.45, 7) is 6.40. The van der Waals surface area contributed by atoms with Crippen LogP contribution in [-0.4, -0.2) is 0 Å². The highest BCUT2D eigenvalue weighted by atomic mass is 79.9. The zero-order valence-corrected chi connectivity index (χ0v) is 11.2. The van der Waals surface area contributed by atoms with E-state index in [1.165, 1.54) is 23.1 Å². The number of halogens is 2. The lowest BCUT2D eigenvalue weighted by molar-refractivity contribution is 0.787. The van der Waals surface area contributed by atoms with Crippen molar-refractivity contribution in [1.29, 1.82) is 0 Å². The van der Waals surface area contributed by atoms with Gasteiger partial charge in [-0.25, -0.2) is 0 Å². The topological polar surface area (TPSA) is 0 Å². The molecule has 2 heteroatoms. The highest BCUT2D eigenvalue weighted by Gasteiger charge is 2.11. The molecule has 0 aliphatic heterocycles. The van der Waals surface area contributed by atoms with E-state index < -0.39 is 0 Å². The molecule has 0 aliphatic rings. The second-order valence-electron chi connectivity index (χ2n) is 3.71. The van der Waals surface area contributed by atoms with Crippen LogP contribution >= 0.6 is 27.5 Å². The maximum absolute atomic E-state index is 6.20. The average molecular weight is 276 g/mol. The first-order valence-electron chi connectivity index (χ1n) is 4.97. The van der Waals surface area contributed by atoms with E-state index >= 15 is 0 Å². The highest BCUT2D eigenvalue weighted by molar-refractivity contribution is 9.09. The number of alkyl halides is 1. The molecule has 1 aromatic rings. The molecule has 0 amide bonds. The van der Waals surface area contributed by atoms with Crippen molar-refractivity contribution < 1.29 is 0 Å². The minimum Gasteiger partial charge on any atom is -0.0840 e. The predicted molar refractivity (Wildman–Crippen MR) is 67.5 cm³/mol. The summed E-state index contributed by atoms with van der Waals surface area (Å²) in [5, 5.41) is 0.878. The zero-order valence-electron chi connectivity index (χ0n) is 8.90. The van der Waals surface area contributed by atoms with Gasteiger partial charge >= 0.3 is 0 Å². The summed E-state index contributed by atoms with van der Waals surface area (Å²) in [6.07, 6.45) is 2.29. The Balaban J connectivity index is 3.02. The van der Waals surface area contributed by atoms with Crippen LogP contribution in [0.4, 0.5) is 0 Å². The number of aryl methyl sites for hydroxylation is 2. The van der Waals surface area contributed by atoms with E-state index in [1.807, 2.05) is 0 Å². The molecule has 0 aromatic heterocycles. The van der Waals surface area contributed by atoms with Gasteiger partial charge in [-0.2, -0.15) is 0 Å². The van der Waals surface area contributed by atoms with Crippen LogP contribution in [0.25, 0.3) is 0 Å². The molecule has 0 N–H and O–H groups in total. The second-order valence-corrected chi connectivity index (χ2v) is 5.23. The summed E-state index contributed by atoms with van der Waals surface area (Å²) in [5.74, 6) is 0. The molecule has 0 nitrogen and oxygen atoms in total. The molecule has 0 saturated heterocycles. The van der Waals surface area contributed by atoms with Gasteiger partial charge in [0, 0.05) is 9.85 Å². The summed E-state index contributed by atoms with van der Waals surface area (Å²) >= 11 is 9.87. The molecule has 0 heterocycles. The molecule has 0 spiro atoms. The van der Waals surface area contributed by atoms with Gasteiger partial charge in [0.1, 0.15) is 0 Å². The molecule has 1 rings (SSSR count). The smallest absolute Gasteiger partial charge is 0.0452 e. The first-order chi connectivity index (χ1) is 6.56. The number of rotatable bonds is 3. The van der Waals surface area contributed by atoms with Crippen molar-refractivity contribution in [3.05, 3.63) is 33.8 Å². The number of benzene rings is 1. The van der Waals surface area contributed by atoms with Crippen molar-refractivity contribution >= 4 is 27.5 Å². The summed E-state index contributed by atoms with van der Waals surface area (Å²) in [4.78, 5) is 0.388. The van der Waals surface area contributed by atoms with Gasteiger partial charge in [0.25, 0.3) is 0 Å². The van der Waals surface area contributed by atoms with E-state index in [2.05, 4.69) is 48.8 Å². The molecule has 1 atom stereocenters. The summed E-state index contributed by atoms with van der Waals surface area (Å²) in [6, 6.07) is 4.24. The van der Waals surface area contributed by atoms with Crippen LogP contribution in [0.5, 0.6) is 0 Å². The Labute approximate surface area is 99.8 Å². The van der Waals surface area contributed by atoms with Gasteiger partial charge in [-0.3, -0.25) is 0 Å². The minimum atomic E-state index is 0.388. The number of hydrogen-bond acceptors (Lipinski definition) is 0. The molecule has 78 valence electrons. The lowest BCUT2D eigenvalue weighted by atomic mass is 10.0. The highest BCUT2D eigenvalue weighted by Crippen LogP contribution is 2.34. The quantitative estimate of drug-likeness (QED) is 0.666. The largest absolute Gasteiger partial charge is 0.0840 e. The van der Waals surface area contributed by atoms with Gasteiger partial charge < -0.3 is 0 Å². The van der Waals surface area contributed by atoms with Crippen molar-refractivity contribution in [3.8, 4) is 0 Å². The van der Waals surface area contributed by atoms with Gasteiger partial charge in [0.15, 0.2) is 0 Å². The third-order valence-corrected chi connectivity index (χ3v) is 3.77. The monoisotopic (exact) mass is 274 g/mol. The lowest BCUT2D eigenvalue weighted by Gasteiger charge is -2.13. The Bertz CT molecular complexity index is 320. The summed E-state index contributed by atoms with van der Waals surface area (Å²) in [5.41, 5.74) is 3.79. The Morgan fingerprint density at radius 2 is 1.86 bits per heavy atom. The molecule has 0 saturated carbocycles. The van der Waals surface area contributed by atoms with Crippen molar-refractivity contribution in [2.45, 2.75) is 38.4 Å². The number of hydrogen-bond donors (Lipinski definition) is 0. The van der Waals surface area contributed by atoms with E-state index in [9.17, 15) is 0 Å². The van der Waals surface area contributed by atoms with Gasteiger partial charge in [-0.1, -0.05) is 46.9 Å². The van der Waals surface area contributed by atoms with Crippen LogP contribution in [0.2, 0.25) is 5.02 Å². The molecule has 14 heavy (non-hydrogen) atoms. The Morgan fingerprint density at radius 3 is 2.43 bits per heavy atom. The van der Waals surface area contributed by atoms with Crippen LogP contribution in [0.15, 0.2) is 12.1 Å². The van der Waals surface area contributed by atoms with Gasteiger partial charge in [-0.05, 0) is 43.0 Å². The third-order valence-electron chi connectivity index (χ3n) is 2.49. The van der Waals surface area contributed by atoms with Gasteiger partial charge in [-0.15, -0.1) is 0 Å². The predicted octanol–water partition coefficient (Wildman–Crippen LogP) is 5.19. The van der Waals surface area contributed by atoms with E-state index in [-0.39, 0.29) is 0 Å². The molecular weight excluding hydrogens is 259 g/mol. The maximum atomic E-state index is 6.20. The minimum absolute atomic E-state index is 0.388. The van der Waals surface area contributed by atoms with Crippen LogP contribution < -0.4 is 0 Å². The molecule has 0 radical (unpaired) electrons. The van der Waals surface area contributed by atoms with Crippen molar-refractivity contribution in [2.75, 3.05) is 0 Å². The molecule has 0 bridgehead atoms. The molecule has 1 unspecified atom stereocenters. The fraction of sp³-hybridized carbons (Fsp3) is 0.500. The van der Waals surface area contributed by atoms with Crippen LogP contribution in [0.1, 0.15) is 41.3 Å². The molecule has 0 aliphatic carbocycles. The van der Waals surface area contributed by atoms with Crippen molar-refractivity contribution in [2.24, 2.45) is 0 Å². The average Bonchev–Trinajstić information content (AvgIpc) is 2.11. The fourth-order valence-electron chi connectivity index (χ4n) is 1.45. The van der Waals surface area contributed by atoms with Crippen molar-refractivity contribution in [1.82, 2.24) is 0 Å². The standard InChI is InChI=1S/C12H16BrCl/c1-4-5-11(13)10-6-8(2)9(3)7-12(10)14/h6-7,11H,4-5H2,1-3H3. The normalized spacial score (nSPS) is 12.9. The Kier molecular flexibility index (Phi) is 4.46. The lowest BCUT2D eigenvalue weighted by Crippen LogP contribution is -1.93. The van der Waals surface area contributed by atoms with Crippen LogP contribution in [0, 0.1) is 13.8 Å². The Morgan fingerprint density at radius 1 is 1.29 bits per heavy atom. The van der Waals surface area contributed by atoms with E-state index in [0.29, 0.717) is 4.83 Å². The summed E-state index contributed by atoms with van der Waals surface area (Å²) < 4.78 is 0. The molecule has 0 fully saturated rings. The van der Waals surface area contributed by atoms with Crippen LogP contribution in [0.3, 0.4) is 0 Å². The summed E-state index contributed by atoms with van der Waals surface area (Å²) in [7, 11) is 0. The molecule has 1 aromatic carbocycles. The first kappa shape index (κ1) is 12.1. The van der Waals surface area contributed by atoms with E-state index in [0.717, 1.165) is 11.4 Å². The van der Waals surface area contributed by atoms with Crippen LogP contribution in [-0.2, 0) is 0 Å². The van der Waals surface area contributed by atoms with Crippen molar-refractivity contribution in [3.63, 3.8) is 0 Å². The van der Waals surface area contributed by atoms with E-state index in [4.69, 9.17) is 11.6 Å². The maximum Gasteiger partial charge on any atom is 0.0452 e. The first-order valence-corrected chi connectivity index (χ1v) is 6.26. The fourth-order valence-corrected chi connectivity index (χ4v) is 2.77. The van der Waals surface area contributed by atoms with Gasteiger partial charge in [0.05, 0.1) is 0 Å². The second kappa shape index (κ2) is 5.18. The van der Waals surface area contributed by atoms with E-state index in [1.54, 1.807) is 0 Å². The SMILES string of the molecule is CCCC(Br)c1cc(C)c(C)cc1Cl. The Hall–Kier alpha value is -0.0100.